The predicted octanol–water partition coefficient (Wildman–Crippen LogP) is 2.73. The van der Waals surface area contributed by atoms with Crippen molar-refractivity contribution in [1.82, 2.24) is 5.32 Å². The Morgan fingerprint density at radius 3 is 2.88 bits per heavy atom. The van der Waals surface area contributed by atoms with Crippen LogP contribution in [0.1, 0.15) is 30.2 Å². The molecule has 132 valence electrons. The van der Waals surface area contributed by atoms with Crippen molar-refractivity contribution in [3.8, 4) is 0 Å². The first kappa shape index (κ1) is 17.9. The average Bonchev–Trinajstić information content (AvgIpc) is 3.30. The van der Waals surface area contributed by atoms with Gasteiger partial charge in [-0.1, -0.05) is 15.9 Å². The summed E-state index contributed by atoms with van der Waals surface area (Å²) in [6, 6.07) is 8.56. The lowest BCUT2D eigenvalue weighted by Crippen LogP contribution is -3.11. The van der Waals surface area contributed by atoms with Crippen LogP contribution >= 0.6 is 15.9 Å². The van der Waals surface area contributed by atoms with Gasteiger partial charge in [-0.25, -0.2) is 4.39 Å². The van der Waals surface area contributed by atoms with Crippen molar-refractivity contribution < 1.29 is 18.5 Å². The van der Waals surface area contributed by atoms with E-state index in [1.165, 1.54) is 36.0 Å². The maximum atomic E-state index is 13.7. The highest BCUT2D eigenvalue weighted by Crippen LogP contribution is 2.16. The molecule has 6 heteroatoms. The maximum absolute atomic E-state index is 13.7. The summed E-state index contributed by atoms with van der Waals surface area (Å²) in [6.07, 6.45) is 6.91. The molecule has 4 nitrogen and oxygen atoms in total. The van der Waals surface area contributed by atoms with Crippen LogP contribution in [0.5, 0.6) is 0 Å². The number of likely N-dealkylation sites (tertiary alicyclic amines) is 1. The molecule has 0 aliphatic carbocycles. The van der Waals surface area contributed by atoms with E-state index >= 15 is 0 Å². The van der Waals surface area contributed by atoms with Gasteiger partial charge in [-0.05, 0) is 36.4 Å². The topological polar surface area (TPSA) is 46.7 Å². The number of halogens is 2. The van der Waals surface area contributed by atoms with Crippen molar-refractivity contribution in [3.63, 3.8) is 0 Å². The number of benzene rings is 1. The van der Waals surface area contributed by atoms with Gasteiger partial charge in [0.2, 0.25) is 5.91 Å². The number of furan rings is 1. The molecule has 1 saturated heterocycles. The number of hydrogen-bond donors (Lipinski definition) is 2. The van der Waals surface area contributed by atoms with Crippen LogP contribution in [0.2, 0.25) is 0 Å². The number of nitrogens with one attached hydrogen (secondary N) is 2. The molecule has 1 aliphatic rings. The summed E-state index contributed by atoms with van der Waals surface area (Å²) in [5, 5.41) is 2.91. The lowest BCUT2D eigenvalue weighted by atomic mass is 10.2. The second-order valence-electron chi connectivity index (χ2n) is 6.18. The molecule has 1 aliphatic heterocycles. The number of carbonyl (C=O) groups excluding carboxylic acids is 1. The normalized spacial score (nSPS) is 16.4. The molecular formula is C19H21BrFN2O2+. The third kappa shape index (κ3) is 4.80. The first-order chi connectivity index (χ1) is 12.1. The molecule has 2 heterocycles. The fourth-order valence-electron chi connectivity index (χ4n) is 3.18. The van der Waals surface area contributed by atoms with Gasteiger partial charge in [0.25, 0.3) is 0 Å². The number of quaternary nitrogens is 1. The van der Waals surface area contributed by atoms with E-state index in [0.29, 0.717) is 12.1 Å². The molecule has 0 radical (unpaired) electrons. The van der Waals surface area contributed by atoms with E-state index in [1.54, 1.807) is 18.4 Å². The number of hydrogen-bond acceptors (Lipinski definition) is 2. The second-order valence-corrected chi connectivity index (χ2v) is 7.09. The third-order valence-corrected chi connectivity index (χ3v) is 4.97. The Morgan fingerprint density at radius 1 is 1.36 bits per heavy atom. The largest absolute Gasteiger partial charge is 0.463 e. The van der Waals surface area contributed by atoms with Crippen molar-refractivity contribution in [2.24, 2.45) is 0 Å². The Hall–Kier alpha value is -1.92. The third-order valence-electron chi connectivity index (χ3n) is 4.48. The fourth-order valence-corrected chi connectivity index (χ4v) is 3.56. The zero-order chi connectivity index (χ0) is 17.6. The van der Waals surface area contributed by atoms with Gasteiger partial charge in [-0.15, -0.1) is 0 Å². The molecule has 3 rings (SSSR count). The van der Waals surface area contributed by atoms with Crippen molar-refractivity contribution in [1.29, 1.82) is 0 Å². The monoisotopic (exact) mass is 407 g/mol. The van der Waals surface area contributed by atoms with Gasteiger partial charge in [0.1, 0.15) is 5.82 Å². The highest BCUT2D eigenvalue weighted by Gasteiger charge is 2.29. The molecule has 1 aromatic carbocycles. The molecule has 1 fully saturated rings. The summed E-state index contributed by atoms with van der Waals surface area (Å²) in [5.41, 5.74) is 0.372. The Bertz CT molecular complexity index is 740. The minimum Gasteiger partial charge on any atom is -0.463 e. The van der Waals surface area contributed by atoms with Crippen molar-refractivity contribution >= 4 is 27.9 Å². The molecule has 2 aromatic rings. The van der Waals surface area contributed by atoms with Crippen LogP contribution in [0.25, 0.3) is 6.08 Å². The molecule has 2 N–H and O–H groups in total. The summed E-state index contributed by atoms with van der Waals surface area (Å²) >= 11 is 3.30. The summed E-state index contributed by atoms with van der Waals surface area (Å²) in [4.78, 5) is 13.6. The highest BCUT2D eigenvalue weighted by atomic mass is 79.9. The zero-order valence-electron chi connectivity index (χ0n) is 13.8. The average molecular weight is 408 g/mol. The van der Waals surface area contributed by atoms with E-state index in [9.17, 15) is 9.18 Å². The zero-order valence-corrected chi connectivity index (χ0v) is 15.4. The van der Waals surface area contributed by atoms with Gasteiger partial charge in [-0.2, -0.15) is 0 Å². The first-order valence-electron chi connectivity index (χ1n) is 8.42. The molecule has 0 unspecified atom stereocenters. The smallest absolute Gasteiger partial charge is 0.244 e. The van der Waals surface area contributed by atoms with E-state index in [4.69, 9.17) is 4.42 Å². The Kier molecular flexibility index (Phi) is 6.04. The van der Waals surface area contributed by atoms with Crippen LogP contribution in [-0.4, -0.2) is 25.5 Å². The van der Waals surface area contributed by atoms with Crippen LogP contribution in [0.3, 0.4) is 0 Å². The molecular weight excluding hydrogens is 387 g/mol. The van der Waals surface area contributed by atoms with Gasteiger partial charge >= 0.3 is 0 Å². The van der Waals surface area contributed by atoms with E-state index in [1.807, 2.05) is 12.1 Å². The Morgan fingerprint density at radius 2 is 2.16 bits per heavy atom. The van der Waals surface area contributed by atoms with E-state index < -0.39 is 0 Å². The fraction of sp³-hybridized carbons (Fsp3) is 0.316. The molecule has 0 spiro atoms. The van der Waals surface area contributed by atoms with E-state index in [0.717, 1.165) is 23.3 Å². The Labute approximate surface area is 154 Å². The maximum Gasteiger partial charge on any atom is 0.244 e. The minimum atomic E-state index is -0.359. The molecule has 1 amide bonds. The standard InChI is InChI=1S/C19H20BrFN2O2/c20-15-6-7-16(21)14(12-15)5-8-19(24)22-13-17(18-4-3-11-25-18)23-9-1-2-10-23/h3-8,11-12,17H,1-2,9-10,13H2,(H,22,24)/p+1/b8-5+/t17-/m0/s1. The lowest BCUT2D eigenvalue weighted by Gasteiger charge is -2.22. The summed E-state index contributed by atoms with van der Waals surface area (Å²) in [6.45, 7) is 2.66. The van der Waals surface area contributed by atoms with Crippen LogP contribution in [-0.2, 0) is 4.79 Å². The van der Waals surface area contributed by atoms with Crippen LogP contribution < -0.4 is 10.2 Å². The van der Waals surface area contributed by atoms with Gasteiger partial charge in [-0.3, -0.25) is 4.79 Å². The summed E-state index contributed by atoms with van der Waals surface area (Å²) in [5.74, 6) is 0.288. The van der Waals surface area contributed by atoms with E-state index in [-0.39, 0.29) is 17.8 Å². The van der Waals surface area contributed by atoms with Gasteiger partial charge in [0.05, 0.1) is 25.9 Å². The van der Waals surface area contributed by atoms with Crippen molar-refractivity contribution in [3.05, 3.63) is 64.3 Å². The van der Waals surface area contributed by atoms with Crippen LogP contribution in [0.4, 0.5) is 4.39 Å². The second kappa shape index (κ2) is 8.45. The molecule has 25 heavy (non-hydrogen) atoms. The lowest BCUT2D eigenvalue weighted by molar-refractivity contribution is -0.919. The van der Waals surface area contributed by atoms with Gasteiger partial charge in [0.15, 0.2) is 11.8 Å². The van der Waals surface area contributed by atoms with Crippen LogP contribution in [0.15, 0.2) is 51.6 Å². The van der Waals surface area contributed by atoms with Crippen molar-refractivity contribution in [2.45, 2.75) is 18.9 Å². The molecule has 1 aromatic heterocycles. The van der Waals surface area contributed by atoms with Crippen LogP contribution in [0, 0.1) is 5.82 Å². The molecule has 0 saturated carbocycles. The molecule has 1 atom stereocenters. The summed E-state index contributed by atoms with van der Waals surface area (Å²) in [7, 11) is 0. The number of rotatable bonds is 6. The first-order valence-corrected chi connectivity index (χ1v) is 9.22. The van der Waals surface area contributed by atoms with E-state index in [2.05, 4.69) is 21.2 Å². The Balaban J connectivity index is 1.61. The quantitative estimate of drug-likeness (QED) is 0.723. The van der Waals surface area contributed by atoms with Gasteiger partial charge in [0, 0.05) is 29.0 Å². The highest BCUT2D eigenvalue weighted by molar-refractivity contribution is 9.10. The SMILES string of the molecule is O=C(/C=C/c1cc(Br)ccc1F)NC[C@@H](c1ccco1)[NH+]1CCCC1. The van der Waals surface area contributed by atoms with Gasteiger partial charge < -0.3 is 14.6 Å². The number of amides is 1. The number of carbonyl (C=O) groups is 1. The summed E-state index contributed by atoms with van der Waals surface area (Å²) < 4.78 is 20.0. The predicted molar refractivity (Wildman–Crippen MR) is 97.5 cm³/mol. The minimum absolute atomic E-state index is 0.109. The van der Waals surface area contributed by atoms with Crippen molar-refractivity contribution in [2.75, 3.05) is 19.6 Å². The molecule has 0 bridgehead atoms.